The molecule has 1 fully saturated rings. The van der Waals surface area contributed by atoms with E-state index in [2.05, 4.69) is 6.92 Å². The van der Waals surface area contributed by atoms with Gasteiger partial charge in [-0.05, 0) is 61.8 Å². The summed E-state index contributed by atoms with van der Waals surface area (Å²) in [6, 6.07) is 9.70. The molecule has 1 aliphatic heterocycles. The molecule has 1 saturated heterocycles. The molecule has 1 heterocycles. The van der Waals surface area contributed by atoms with Gasteiger partial charge in [0.1, 0.15) is 11.6 Å². The summed E-state index contributed by atoms with van der Waals surface area (Å²) in [6.45, 7) is 4.55. The van der Waals surface area contributed by atoms with E-state index in [0.29, 0.717) is 30.9 Å². The van der Waals surface area contributed by atoms with Gasteiger partial charge in [-0.25, -0.2) is 22.0 Å². The van der Waals surface area contributed by atoms with E-state index in [0.717, 1.165) is 19.3 Å². The summed E-state index contributed by atoms with van der Waals surface area (Å²) >= 11 is 0. The average Bonchev–Trinajstić information content (AvgIpc) is 2.89. The molecule has 4 rings (SSSR count). The Kier molecular flexibility index (Phi) is 8.85. The van der Waals surface area contributed by atoms with Gasteiger partial charge in [0.25, 0.3) is 0 Å². The smallest absolute Gasteiger partial charge is 0.167 e. The Morgan fingerprint density at radius 3 is 2.11 bits per heavy atom. The number of hydrogen-bond donors (Lipinski definition) is 0. The Morgan fingerprint density at radius 1 is 0.784 bits per heavy atom. The van der Waals surface area contributed by atoms with Gasteiger partial charge < -0.3 is 9.47 Å². The molecular weight excluding hydrogens is 487 g/mol. The van der Waals surface area contributed by atoms with E-state index >= 15 is 8.78 Å². The molecule has 3 aromatic carbocycles. The first-order valence-electron chi connectivity index (χ1n) is 12.8. The van der Waals surface area contributed by atoms with Crippen molar-refractivity contribution in [1.82, 2.24) is 0 Å². The number of hydrogen-bond acceptors (Lipinski definition) is 2. The number of aryl methyl sites for hydroxylation is 2. The van der Waals surface area contributed by atoms with Gasteiger partial charge in [0.05, 0.1) is 19.3 Å². The molecule has 0 aliphatic carbocycles. The Hall–Kier alpha value is -2.93. The van der Waals surface area contributed by atoms with E-state index in [1.807, 2.05) is 0 Å². The fraction of sp³-hybridized carbons (Fsp3) is 0.400. The molecule has 0 N–H and O–H groups in total. The molecule has 2 atom stereocenters. The van der Waals surface area contributed by atoms with Crippen LogP contribution in [0.4, 0.5) is 22.0 Å². The summed E-state index contributed by atoms with van der Waals surface area (Å²) < 4.78 is 85.3. The number of benzene rings is 3. The Labute approximate surface area is 214 Å². The van der Waals surface area contributed by atoms with Crippen LogP contribution in [0.5, 0.6) is 5.75 Å². The maximum Gasteiger partial charge on any atom is 0.167 e. The van der Waals surface area contributed by atoms with Crippen molar-refractivity contribution < 1.29 is 31.4 Å². The molecule has 198 valence electrons. The molecule has 0 aromatic heterocycles. The number of ether oxygens (including phenoxy) is 2. The van der Waals surface area contributed by atoms with Crippen LogP contribution in [0.3, 0.4) is 0 Å². The summed E-state index contributed by atoms with van der Waals surface area (Å²) in [5.41, 5.74) is -0.162. The highest BCUT2D eigenvalue weighted by Crippen LogP contribution is 2.36. The summed E-state index contributed by atoms with van der Waals surface area (Å²) in [5, 5.41) is 0. The predicted octanol–water partition coefficient (Wildman–Crippen LogP) is 8.30. The lowest BCUT2D eigenvalue weighted by Crippen LogP contribution is -2.25. The van der Waals surface area contributed by atoms with E-state index in [1.54, 1.807) is 19.1 Å². The van der Waals surface area contributed by atoms with Crippen molar-refractivity contribution in [3.63, 3.8) is 0 Å². The Morgan fingerprint density at radius 2 is 1.46 bits per heavy atom. The van der Waals surface area contributed by atoms with Crippen LogP contribution in [-0.4, -0.2) is 19.3 Å². The van der Waals surface area contributed by atoms with Crippen molar-refractivity contribution in [1.29, 1.82) is 0 Å². The zero-order valence-electron chi connectivity index (χ0n) is 21.1. The second-order valence-electron chi connectivity index (χ2n) is 9.44. The van der Waals surface area contributed by atoms with E-state index < -0.39 is 29.1 Å². The first kappa shape index (κ1) is 27.1. The zero-order chi connectivity index (χ0) is 26.5. The lowest BCUT2D eigenvalue weighted by atomic mass is 9.88. The first-order chi connectivity index (χ1) is 17.8. The standard InChI is InChI=1S/C30H31F5O2/c1-3-5-21-11-9-20(17-37-21)23-14-15-25(30(35)28(23)33)24-13-10-19(27(32)29(24)34)7-6-18-8-12-22(36-4-2)16-26(18)31/h8,10,12-16,20-21H,3-7,9,11,17H2,1-2H3. The topological polar surface area (TPSA) is 18.5 Å². The van der Waals surface area contributed by atoms with Crippen molar-refractivity contribution in [2.45, 2.75) is 64.4 Å². The van der Waals surface area contributed by atoms with Crippen LogP contribution in [0.2, 0.25) is 0 Å². The zero-order valence-corrected chi connectivity index (χ0v) is 21.1. The van der Waals surface area contributed by atoms with E-state index in [1.165, 1.54) is 30.3 Å². The highest BCUT2D eigenvalue weighted by molar-refractivity contribution is 5.66. The van der Waals surface area contributed by atoms with Gasteiger partial charge in [-0.2, -0.15) is 0 Å². The van der Waals surface area contributed by atoms with Crippen LogP contribution in [-0.2, 0) is 17.6 Å². The van der Waals surface area contributed by atoms with Gasteiger partial charge in [0.2, 0.25) is 0 Å². The third-order valence-corrected chi connectivity index (χ3v) is 6.98. The van der Waals surface area contributed by atoms with E-state index in [-0.39, 0.29) is 47.1 Å². The monoisotopic (exact) mass is 518 g/mol. The average molecular weight is 519 g/mol. The van der Waals surface area contributed by atoms with Crippen LogP contribution in [0.15, 0.2) is 42.5 Å². The minimum Gasteiger partial charge on any atom is -0.494 e. The van der Waals surface area contributed by atoms with E-state index in [4.69, 9.17) is 9.47 Å². The van der Waals surface area contributed by atoms with Crippen LogP contribution >= 0.6 is 0 Å². The van der Waals surface area contributed by atoms with Gasteiger partial charge in [-0.15, -0.1) is 0 Å². The molecule has 1 aliphatic rings. The second-order valence-corrected chi connectivity index (χ2v) is 9.44. The molecule has 7 heteroatoms. The van der Waals surface area contributed by atoms with Crippen LogP contribution in [0.1, 0.15) is 62.1 Å². The summed E-state index contributed by atoms with van der Waals surface area (Å²) in [6.07, 6.45) is 3.66. The van der Waals surface area contributed by atoms with Crippen molar-refractivity contribution in [3.05, 3.63) is 88.2 Å². The van der Waals surface area contributed by atoms with Gasteiger partial charge in [0, 0.05) is 23.1 Å². The summed E-state index contributed by atoms with van der Waals surface area (Å²) in [5.74, 6) is -5.09. The van der Waals surface area contributed by atoms with Crippen molar-refractivity contribution in [2.24, 2.45) is 0 Å². The van der Waals surface area contributed by atoms with Gasteiger partial charge in [-0.1, -0.05) is 43.7 Å². The van der Waals surface area contributed by atoms with Gasteiger partial charge in [0.15, 0.2) is 23.3 Å². The maximum absolute atomic E-state index is 15.1. The fourth-order valence-corrected chi connectivity index (χ4v) is 4.94. The maximum atomic E-state index is 15.1. The van der Waals surface area contributed by atoms with Crippen LogP contribution < -0.4 is 4.74 Å². The van der Waals surface area contributed by atoms with Crippen molar-refractivity contribution in [2.75, 3.05) is 13.2 Å². The third kappa shape index (κ3) is 5.98. The molecule has 2 nitrogen and oxygen atoms in total. The second kappa shape index (κ2) is 12.1. The molecule has 37 heavy (non-hydrogen) atoms. The first-order valence-corrected chi connectivity index (χ1v) is 12.8. The molecule has 3 aromatic rings. The Balaban J connectivity index is 1.51. The molecule has 0 bridgehead atoms. The minimum atomic E-state index is -1.26. The van der Waals surface area contributed by atoms with Gasteiger partial charge in [-0.3, -0.25) is 0 Å². The number of halogens is 5. The summed E-state index contributed by atoms with van der Waals surface area (Å²) in [4.78, 5) is 0. The largest absolute Gasteiger partial charge is 0.494 e. The molecule has 0 amide bonds. The molecule has 2 unspecified atom stereocenters. The van der Waals surface area contributed by atoms with Crippen LogP contribution in [0, 0.1) is 29.1 Å². The third-order valence-electron chi connectivity index (χ3n) is 6.98. The molecule has 0 radical (unpaired) electrons. The normalized spacial score (nSPS) is 17.7. The fourth-order valence-electron chi connectivity index (χ4n) is 4.94. The minimum absolute atomic E-state index is 0.0213. The van der Waals surface area contributed by atoms with Gasteiger partial charge >= 0.3 is 0 Å². The van der Waals surface area contributed by atoms with Crippen molar-refractivity contribution >= 4 is 0 Å². The summed E-state index contributed by atoms with van der Waals surface area (Å²) in [7, 11) is 0. The van der Waals surface area contributed by atoms with E-state index in [9.17, 15) is 13.2 Å². The highest BCUT2D eigenvalue weighted by atomic mass is 19.2. The lowest BCUT2D eigenvalue weighted by molar-refractivity contribution is -0.00181. The van der Waals surface area contributed by atoms with Crippen LogP contribution in [0.25, 0.3) is 11.1 Å². The highest BCUT2D eigenvalue weighted by Gasteiger charge is 2.28. The number of rotatable bonds is 9. The quantitative estimate of drug-likeness (QED) is 0.265. The predicted molar refractivity (Wildman–Crippen MR) is 133 cm³/mol. The van der Waals surface area contributed by atoms with Crippen molar-refractivity contribution in [3.8, 4) is 16.9 Å². The molecule has 0 spiro atoms. The molecule has 0 saturated carbocycles. The molecular formula is C30H31F5O2. The SMILES string of the molecule is CCCC1CCC(c2ccc(-c3ccc(CCc4ccc(OCC)cc4F)c(F)c3F)c(F)c2F)CO1. The Bertz CT molecular complexity index is 1240. The lowest BCUT2D eigenvalue weighted by Gasteiger charge is -2.29.